The minimum absolute atomic E-state index is 0.0925. The number of nitrogens with two attached hydrogens (primary N) is 1. The normalized spacial score (nSPS) is 21.0. The first kappa shape index (κ1) is 13.9. The summed E-state index contributed by atoms with van der Waals surface area (Å²) in [5.74, 6) is 6.28. The maximum absolute atomic E-state index is 5.75. The lowest BCUT2D eigenvalue weighted by Crippen LogP contribution is -2.42. The van der Waals surface area contributed by atoms with Crippen molar-refractivity contribution < 1.29 is 9.47 Å². The molecule has 1 fully saturated rings. The Morgan fingerprint density at radius 2 is 2.00 bits per heavy atom. The highest BCUT2D eigenvalue weighted by molar-refractivity contribution is 4.73. The predicted octanol–water partition coefficient (Wildman–Crippen LogP) is 1.45. The van der Waals surface area contributed by atoms with E-state index in [4.69, 9.17) is 15.3 Å². The van der Waals surface area contributed by atoms with Crippen LogP contribution >= 0.6 is 0 Å². The summed E-state index contributed by atoms with van der Waals surface area (Å²) in [6.07, 6.45) is 3.37. The van der Waals surface area contributed by atoms with Crippen LogP contribution in [-0.4, -0.2) is 31.5 Å². The molecule has 0 aromatic heterocycles. The van der Waals surface area contributed by atoms with Gasteiger partial charge in [0.1, 0.15) is 0 Å². The zero-order chi connectivity index (χ0) is 12.0. The van der Waals surface area contributed by atoms with Gasteiger partial charge in [-0.3, -0.25) is 11.3 Å². The quantitative estimate of drug-likeness (QED) is 0.554. The number of nitrogens with one attached hydrogen (secondary N) is 1. The van der Waals surface area contributed by atoms with Gasteiger partial charge in [-0.15, -0.1) is 0 Å². The van der Waals surface area contributed by atoms with E-state index in [1.807, 2.05) is 0 Å². The van der Waals surface area contributed by atoms with Crippen LogP contribution in [0.4, 0.5) is 0 Å². The molecule has 0 aromatic rings. The summed E-state index contributed by atoms with van der Waals surface area (Å²) in [4.78, 5) is 0. The molecule has 0 aliphatic carbocycles. The fourth-order valence-corrected chi connectivity index (χ4v) is 1.92. The zero-order valence-electron chi connectivity index (χ0n) is 10.8. The molecule has 1 rings (SSSR count). The van der Waals surface area contributed by atoms with E-state index in [1.54, 1.807) is 0 Å². The molecule has 1 aliphatic rings. The van der Waals surface area contributed by atoms with E-state index in [9.17, 15) is 0 Å². The highest BCUT2D eigenvalue weighted by Crippen LogP contribution is 2.20. The number of rotatable bonds is 5. The summed E-state index contributed by atoms with van der Waals surface area (Å²) in [5, 5.41) is 0. The van der Waals surface area contributed by atoms with Crippen molar-refractivity contribution in [2.45, 2.75) is 51.7 Å². The SMILES string of the molecule is CC(C)(C)OCC(CC1CCOCC1)NN. The van der Waals surface area contributed by atoms with E-state index in [0.717, 1.165) is 38.4 Å². The molecule has 1 heterocycles. The second-order valence-electron chi connectivity index (χ2n) is 5.58. The Kier molecular flexibility index (Phi) is 5.69. The van der Waals surface area contributed by atoms with Crippen molar-refractivity contribution in [1.82, 2.24) is 5.43 Å². The highest BCUT2D eigenvalue weighted by atomic mass is 16.5. The Morgan fingerprint density at radius 1 is 1.38 bits per heavy atom. The monoisotopic (exact) mass is 230 g/mol. The number of hydrogen-bond acceptors (Lipinski definition) is 4. The lowest BCUT2D eigenvalue weighted by atomic mass is 9.93. The zero-order valence-corrected chi connectivity index (χ0v) is 10.8. The molecule has 1 atom stereocenters. The molecule has 4 nitrogen and oxygen atoms in total. The van der Waals surface area contributed by atoms with Gasteiger partial charge in [-0.1, -0.05) is 0 Å². The Hall–Kier alpha value is -0.160. The molecule has 0 spiro atoms. The maximum atomic E-state index is 5.75. The van der Waals surface area contributed by atoms with Crippen LogP contribution in [0.15, 0.2) is 0 Å². The molecule has 1 unspecified atom stereocenters. The van der Waals surface area contributed by atoms with Gasteiger partial charge >= 0.3 is 0 Å². The van der Waals surface area contributed by atoms with Crippen LogP contribution in [0.25, 0.3) is 0 Å². The van der Waals surface area contributed by atoms with E-state index < -0.39 is 0 Å². The van der Waals surface area contributed by atoms with Crippen molar-refractivity contribution in [3.63, 3.8) is 0 Å². The van der Waals surface area contributed by atoms with Crippen molar-refractivity contribution >= 4 is 0 Å². The van der Waals surface area contributed by atoms with E-state index in [-0.39, 0.29) is 11.6 Å². The topological polar surface area (TPSA) is 56.5 Å². The van der Waals surface area contributed by atoms with E-state index in [1.165, 1.54) is 0 Å². The van der Waals surface area contributed by atoms with Crippen LogP contribution in [0.5, 0.6) is 0 Å². The van der Waals surface area contributed by atoms with Crippen LogP contribution in [0.3, 0.4) is 0 Å². The molecule has 0 amide bonds. The van der Waals surface area contributed by atoms with Gasteiger partial charge in [0, 0.05) is 19.3 Å². The third-order valence-corrected chi connectivity index (χ3v) is 2.91. The third-order valence-electron chi connectivity index (χ3n) is 2.91. The minimum atomic E-state index is -0.0925. The number of hydrogen-bond donors (Lipinski definition) is 2. The van der Waals surface area contributed by atoms with Gasteiger partial charge in [0.15, 0.2) is 0 Å². The van der Waals surface area contributed by atoms with Gasteiger partial charge in [0.2, 0.25) is 0 Å². The Morgan fingerprint density at radius 3 is 2.50 bits per heavy atom. The molecule has 0 saturated carbocycles. The molecule has 3 N–H and O–H groups in total. The summed E-state index contributed by atoms with van der Waals surface area (Å²) in [5.41, 5.74) is 2.76. The van der Waals surface area contributed by atoms with Crippen molar-refractivity contribution in [1.29, 1.82) is 0 Å². The summed E-state index contributed by atoms with van der Waals surface area (Å²) in [6, 6.07) is 0.252. The molecule has 4 heteroatoms. The Bertz CT molecular complexity index is 186. The lowest BCUT2D eigenvalue weighted by Gasteiger charge is -2.28. The van der Waals surface area contributed by atoms with Crippen molar-refractivity contribution in [2.75, 3.05) is 19.8 Å². The summed E-state index contributed by atoms with van der Waals surface area (Å²) >= 11 is 0. The first-order chi connectivity index (χ1) is 7.51. The number of ether oxygens (including phenoxy) is 2. The summed E-state index contributed by atoms with van der Waals surface area (Å²) < 4.78 is 11.1. The van der Waals surface area contributed by atoms with Crippen LogP contribution < -0.4 is 11.3 Å². The molecule has 1 saturated heterocycles. The third kappa shape index (κ3) is 5.80. The lowest BCUT2D eigenvalue weighted by molar-refractivity contribution is -0.0208. The smallest absolute Gasteiger partial charge is 0.0640 e. The van der Waals surface area contributed by atoms with Gasteiger partial charge in [-0.05, 0) is 46.0 Å². The predicted molar refractivity (Wildman–Crippen MR) is 65.0 cm³/mol. The Labute approximate surface area is 98.8 Å². The average Bonchev–Trinajstić information content (AvgIpc) is 2.24. The molecular weight excluding hydrogens is 204 g/mol. The van der Waals surface area contributed by atoms with Crippen molar-refractivity contribution in [3.05, 3.63) is 0 Å². The maximum Gasteiger partial charge on any atom is 0.0640 e. The molecule has 16 heavy (non-hydrogen) atoms. The summed E-state index contributed by atoms with van der Waals surface area (Å²) in [7, 11) is 0. The average molecular weight is 230 g/mol. The van der Waals surface area contributed by atoms with Gasteiger partial charge < -0.3 is 9.47 Å². The molecule has 0 radical (unpaired) electrons. The number of hydrazine groups is 1. The first-order valence-electron chi connectivity index (χ1n) is 6.19. The molecule has 96 valence electrons. The standard InChI is InChI=1S/C12H26N2O2/c1-12(2,3)16-9-11(14-13)8-10-4-6-15-7-5-10/h10-11,14H,4-9,13H2,1-3H3. The van der Waals surface area contributed by atoms with E-state index in [0.29, 0.717) is 6.61 Å². The second-order valence-corrected chi connectivity index (χ2v) is 5.58. The highest BCUT2D eigenvalue weighted by Gasteiger charge is 2.20. The Balaban J connectivity index is 2.25. The van der Waals surface area contributed by atoms with Crippen molar-refractivity contribution in [2.24, 2.45) is 11.8 Å². The van der Waals surface area contributed by atoms with Gasteiger partial charge in [0.25, 0.3) is 0 Å². The fourth-order valence-electron chi connectivity index (χ4n) is 1.92. The molecule has 0 aromatic carbocycles. The molecular formula is C12H26N2O2. The largest absolute Gasteiger partial charge is 0.381 e. The first-order valence-corrected chi connectivity index (χ1v) is 6.19. The van der Waals surface area contributed by atoms with Crippen LogP contribution in [0.1, 0.15) is 40.0 Å². The second kappa shape index (κ2) is 6.55. The van der Waals surface area contributed by atoms with Crippen molar-refractivity contribution in [3.8, 4) is 0 Å². The van der Waals surface area contributed by atoms with Crippen LogP contribution in [-0.2, 0) is 9.47 Å². The fraction of sp³-hybridized carbons (Fsp3) is 1.00. The minimum Gasteiger partial charge on any atom is -0.381 e. The van der Waals surface area contributed by atoms with Crippen LogP contribution in [0, 0.1) is 5.92 Å². The van der Waals surface area contributed by atoms with E-state index >= 15 is 0 Å². The van der Waals surface area contributed by atoms with Gasteiger partial charge in [-0.25, -0.2) is 0 Å². The molecule has 0 bridgehead atoms. The van der Waals surface area contributed by atoms with Gasteiger partial charge in [0.05, 0.1) is 12.2 Å². The summed E-state index contributed by atoms with van der Waals surface area (Å²) in [6.45, 7) is 8.65. The van der Waals surface area contributed by atoms with Gasteiger partial charge in [-0.2, -0.15) is 0 Å². The molecule has 1 aliphatic heterocycles. The van der Waals surface area contributed by atoms with Crippen LogP contribution in [0.2, 0.25) is 0 Å². The van der Waals surface area contributed by atoms with E-state index in [2.05, 4.69) is 26.2 Å².